The van der Waals surface area contributed by atoms with E-state index < -0.39 is 0 Å². The maximum Gasteiger partial charge on any atom is 0.0461 e. The van der Waals surface area contributed by atoms with Crippen LogP contribution in [0, 0.1) is 0 Å². The number of hydrogen-bond donors (Lipinski definition) is 1. The lowest BCUT2D eigenvalue weighted by molar-refractivity contribution is 0.876. The molecule has 0 spiro atoms. The van der Waals surface area contributed by atoms with Gasteiger partial charge in [-0.25, -0.2) is 0 Å². The molecule has 0 bridgehead atoms. The zero-order chi connectivity index (χ0) is 9.14. The van der Waals surface area contributed by atoms with Crippen LogP contribution < -0.4 is 5.73 Å². The molecule has 0 saturated heterocycles. The third-order valence-corrected chi connectivity index (χ3v) is 2.58. The van der Waals surface area contributed by atoms with Gasteiger partial charge < -0.3 is 5.73 Å². The van der Waals surface area contributed by atoms with Crippen LogP contribution in [0.4, 0.5) is 5.69 Å². The molecule has 1 rings (SSSR count). The van der Waals surface area contributed by atoms with E-state index in [4.69, 9.17) is 28.9 Å². The average Bonchev–Trinajstić information content (AvgIpc) is 2.03. The fraction of sp³-hybridized carbons (Fsp3) is 0.333. The summed E-state index contributed by atoms with van der Waals surface area (Å²) < 4.78 is 0. The highest BCUT2D eigenvalue weighted by Gasteiger charge is 2.07. The summed E-state index contributed by atoms with van der Waals surface area (Å²) in [6.45, 7) is 2.03. The van der Waals surface area contributed by atoms with Gasteiger partial charge in [-0.1, -0.05) is 24.6 Å². The van der Waals surface area contributed by atoms with Gasteiger partial charge in [-0.2, -0.15) is 0 Å². The van der Waals surface area contributed by atoms with E-state index in [1.807, 2.05) is 19.1 Å². The molecule has 0 amide bonds. The van der Waals surface area contributed by atoms with Crippen molar-refractivity contribution in [1.29, 1.82) is 0 Å². The molecule has 12 heavy (non-hydrogen) atoms. The molecule has 0 saturated carbocycles. The Balaban J connectivity index is 3.01. The first-order valence-corrected chi connectivity index (χ1v) is 4.67. The normalized spacial score (nSPS) is 12.9. The van der Waals surface area contributed by atoms with E-state index in [9.17, 15) is 0 Å². The zero-order valence-electron chi connectivity index (χ0n) is 6.85. The third-order valence-electron chi connectivity index (χ3n) is 1.79. The Kier molecular flexibility index (Phi) is 3.24. The maximum absolute atomic E-state index is 5.96. The molecule has 66 valence electrons. The Bertz CT molecular complexity index is 273. The fourth-order valence-corrected chi connectivity index (χ4v) is 1.57. The first kappa shape index (κ1) is 9.69. The molecule has 3 heteroatoms. The summed E-state index contributed by atoms with van der Waals surface area (Å²) in [5, 5.41) is 0.697. The van der Waals surface area contributed by atoms with Crippen LogP contribution in [0.3, 0.4) is 0 Å². The number of nitrogens with two attached hydrogens (primary N) is 1. The number of halogens is 2. The van der Waals surface area contributed by atoms with Gasteiger partial charge in [-0.3, -0.25) is 0 Å². The van der Waals surface area contributed by atoms with E-state index >= 15 is 0 Å². The molecule has 0 radical (unpaired) electrons. The molecule has 1 nitrogen and oxygen atoms in total. The summed E-state index contributed by atoms with van der Waals surface area (Å²) in [4.78, 5) is 0. The molecular formula is C9H11Cl2N. The minimum absolute atomic E-state index is 0.278. The highest BCUT2D eigenvalue weighted by atomic mass is 35.5. The summed E-state index contributed by atoms with van der Waals surface area (Å²) in [6, 6.07) is 5.51. The van der Waals surface area contributed by atoms with Crippen molar-refractivity contribution in [3.63, 3.8) is 0 Å². The summed E-state index contributed by atoms with van der Waals surface area (Å²) in [5.74, 6) is 0.851. The predicted molar refractivity (Wildman–Crippen MR) is 55.0 cm³/mol. The van der Waals surface area contributed by atoms with Gasteiger partial charge in [0.25, 0.3) is 0 Å². The molecule has 1 aromatic rings. The van der Waals surface area contributed by atoms with Crippen LogP contribution in [-0.4, -0.2) is 5.88 Å². The lowest BCUT2D eigenvalue weighted by Gasteiger charge is -2.10. The average molecular weight is 204 g/mol. The molecule has 0 aromatic heterocycles. The lowest BCUT2D eigenvalue weighted by atomic mass is 10.0. The van der Waals surface area contributed by atoms with Gasteiger partial charge in [-0.15, -0.1) is 11.6 Å². The molecule has 1 aromatic carbocycles. The van der Waals surface area contributed by atoms with Crippen LogP contribution in [0.25, 0.3) is 0 Å². The highest BCUT2D eigenvalue weighted by Crippen LogP contribution is 2.26. The molecule has 1 unspecified atom stereocenters. The first-order chi connectivity index (χ1) is 5.65. The van der Waals surface area contributed by atoms with Crippen molar-refractivity contribution >= 4 is 28.9 Å². The Labute approximate surface area is 82.5 Å². The third kappa shape index (κ3) is 2.05. The Morgan fingerprint density at radius 2 is 2.17 bits per heavy atom. The van der Waals surface area contributed by atoms with Crippen LogP contribution in [0.5, 0.6) is 0 Å². The Morgan fingerprint density at radius 3 is 2.67 bits per heavy atom. The van der Waals surface area contributed by atoms with Crippen LogP contribution in [0.15, 0.2) is 18.2 Å². The molecular weight excluding hydrogens is 193 g/mol. The highest BCUT2D eigenvalue weighted by molar-refractivity contribution is 6.31. The van der Waals surface area contributed by atoms with E-state index in [0.29, 0.717) is 16.6 Å². The SMILES string of the molecule is CC(CCl)c1ccc(N)cc1Cl. The Morgan fingerprint density at radius 1 is 1.50 bits per heavy atom. The van der Waals surface area contributed by atoms with Crippen molar-refractivity contribution in [2.75, 3.05) is 11.6 Å². The summed E-state index contributed by atoms with van der Waals surface area (Å²) >= 11 is 11.7. The van der Waals surface area contributed by atoms with Crippen LogP contribution in [0.2, 0.25) is 5.02 Å². The smallest absolute Gasteiger partial charge is 0.0461 e. The molecule has 0 aliphatic heterocycles. The van der Waals surface area contributed by atoms with E-state index in [0.717, 1.165) is 5.56 Å². The fourth-order valence-electron chi connectivity index (χ4n) is 1.03. The predicted octanol–water partition coefficient (Wildman–Crippen LogP) is 3.26. The number of benzene rings is 1. The monoisotopic (exact) mass is 203 g/mol. The standard InChI is InChI=1S/C9H11Cl2N/c1-6(5-10)8-3-2-7(12)4-9(8)11/h2-4,6H,5,12H2,1H3. The Hall–Kier alpha value is -0.400. The second-order valence-electron chi connectivity index (χ2n) is 2.84. The van der Waals surface area contributed by atoms with Gasteiger partial charge in [0.2, 0.25) is 0 Å². The molecule has 0 fully saturated rings. The summed E-state index contributed by atoms with van der Waals surface area (Å²) in [5.41, 5.74) is 7.29. The second kappa shape index (κ2) is 4.01. The van der Waals surface area contributed by atoms with Crippen molar-refractivity contribution in [1.82, 2.24) is 0 Å². The van der Waals surface area contributed by atoms with Gasteiger partial charge in [0, 0.05) is 16.6 Å². The number of rotatable bonds is 2. The summed E-state index contributed by atoms with van der Waals surface area (Å²) in [6.07, 6.45) is 0. The van der Waals surface area contributed by atoms with Crippen molar-refractivity contribution in [2.24, 2.45) is 0 Å². The van der Waals surface area contributed by atoms with E-state index in [2.05, 4.69) is 0 Å². The summed E-state index contributed by atoms with van der Waals surface area (Å²) in [7, 11) is 0. The molecule has 0 aliphatic rings. The maximum atomic E-state index is 5.96. The number of anilines is 1. The topological polar surface area (TPSA) is 26.0 Å². The van der Waals surface area contributed by atoms with Gasteiger partial charge in [-0.05, 0) is 23.6 Å². The first-order valence-electron chi connectivity index (χ1n) is 3.76. The van der Waals surface area contributed by atoms with E-state index in [-0.39, 0.29) is 5.92 Å². The van der Waals surface area contributed by atoms with Gasteiger partial charge >= 0.3 is 0 Å². The van der Waals surface area contributed by atoms with Crippen LogP contribution in [0.1, 0.15) is 18.4 Å². The van der Waals surface area contributed by atoms with Gasteiger partial charge in [0.15, 0.2) is 0 Å². The number of alkyl halides is 1. The molecule has 0 aliphatic carbocycles. The molecule has 0 heterocycles. The lowest BCUT2D eigenvalue weighted by Crippen LogP contribution is -1.96. The van der Waals surface area contributed by atoms with E-state index in [1.165, 1.54) is 0 Å². The van der Waals surface area contributed by atoms with Crippen LogP contribution in [-0.2, 0) is 0 Å². The van der Waals surface area contributed by atoms with Crippen molar-refractivity contribution in [3.8, 4) is 0 Å². The minimum Gasteiger partial charge on any atom is -0.399 e. The second-order valence-corrected chi connectivity index (χ2v) is 3.55. The minimum atomic E-state index is 0.278. The molecule has 1 atom stereocenters. The number of hydrogen-bond acceptors (Lipinski definition) is 1. The number of nitrogen functional groups attached to an aromatic ring is 1. The quantitative estimate of drug-likeness (QED) is 0.580. The van der Waals surface area contributed by atoms with Gasteiger partial charge in [0.05, 0.1) is 0 Å². The molecule has 2 N–H and O–H groups in total. The van der Waals surface area contributed by atoms with Crippen molar-refractivity contribution < 1.29 is 0 Å². The zero-order valence-corrected chi connectivity index (χ0v) is 8.36. The van der Waals surface area contributed by atoms with E-state index in [1.54, 1.807) is 6.07 Å². The van der Waals surface area contributed by atoms with Gasteiger partial charge in [0.1, 0.15) is 0 Å². The van der Waals surface area contributed by atoms with Crippen molar-refractivity contribution in [2.45, 2.75) is 12.8 Å². The van der Waals surface area contributed by atoms with Crippen molar-refractivity contribution in [3.05, 3.63) is 28.8 Å². The van der Waals surface area contributed by atoms with Crippen LogP contribution >= 0.6 is 23.2 Å². The largest absolute Gasteiger partial charge is 0.399 e.